The first-order valence-electron chi connectivity index (χ1n) is 7.00. The van der Waals surface area contributed by atoms with E-state index in [1.807, 2.05) is 6.92 Å². The van der Waals surface area contributed by atoms with Gasteiger partial charge >= 0.3 is 5.97 Å². The van der Waals surface area contributed by atoms with Gasteiger partial charge in [-0.2, -0.15) is 0 Å². The summed E-state index contributed by atoms with van der Waals surface area (Å²) in [5.74, 6) is -1.60. The van der Waals surface area contributed by atoms with Crippen LogP contribution in [0.25, 0.3) is 0 Å². The highest BCUT2D eigenvalue weighted by atomic mass is 32.2. The first-order valence-corrected chi connectivity index (χ1v) is 8.55. The summed E-state index contributed by atoms with van der Waals surface area (Å²) >= 11 is 0. The van der Waals surface area contributed by atoms with Crippen molar-refractivity contribution >= 4 is 15.8 Å². The van der Waals surface area contributed by atoms with Gasteiger partial charge in [0.2, 0.25) is 0 Å². The fourth-order valence-corrected chi connectivity index (χ4v) is 4.75. The van der Waals surface area contributed by atoms with E-state index in [0.29, 0.717) is 24.7 Å². The molecule has 1 aliphatic carbocycles. The van der Waals surface area contributed by atoms with Crippen LogP contribution in [-0.4, -0.2) is 24.7 Å². The van der Waals surface area contributed by atoms with Crippen molar-refractivity contribution in [3.05, 3.63) is 29.6 Å². The Labute approximate surface area is 123 Å². The molecular formula is C15H19FO4S. The summed E-state index contributed by atoms with van der Waals surface area (Å²) < 4.78 is 38.6. The molecule has 1 aromatic rings. The zero-order chi connectivity index (χ0) is 15.8. The van der Waals surface area contributed by atoms with Gasteiger partial charge in [0.15, 0.2) is 9.84 Å². The van der Waals surface area contributed by atoms with Crippen LogP contribution in [-0.2, 0) is 9.84 Å². The van der Waals surface area contributed by atoms with Crippen LogP contribution in [0.15, 0.2) is 23.1 Å². The second kappa shape index (κ2) is 5.75. The quantitative estimate of drug-likeness (QED) is 0.870. The fourth-order valence-electron chi connectivity index (χ4n) is 2.82. The maximum absolute atomic E-state index is 13.4. The summed E-state index contributed by atoms with van der Waals surface area (Å²) in [5, 5.41) is 8.39. The maximum Gasteiger partial charge on any atom is 0.338 e. The lowest BCUT2D eigenvalue weighted by Crippen LogP contribution is -2.31. The Morgan fingerprint density at radius 2 is 1.90 bits per heavy atom. The smallest absolute Gasteiger partial charge is 0.338 e. The van der Waals surface area contributed by atoms with E-state index < -0.39 is 32.4 Å². The molecule has 3 unspecified atom stereocenters. The second-order valence-electron chi connectivity index (χ2n) is 5.88. The average molecular weight is 314 g/mol. The van der Waals surface area contributed by atoms with Crippen LogP contribution in [0, 0.1) is 17.7 Å². The lowest BCUT2D eigenvalue weighted by molar-refractivity contribution is 0.0691. The number of sulfone groups is 1. The second-order valence-corrected chi connectivity index (χ2v) is 8.11. The molecule has 0 heterocycles. The number of aromatic carboxylic acids is 1. The zero-order valence-corrected chi connectivity index (χ0v) is 12.9. The van der Waals surface area contributed by atoms with Crippen LogP contribution < -0.4 is 0 Å². The van der Waals surface area contributed by atoms with Crippen LogP contribution in [0.2, 0.25) is 0 Å². The molecule has 0 saturated heterocycles. The predicted octanol–water partition coefficient (Wildman–Crippen LogP) is 3.12. The standard InChI is InChI=1S/C15H19FO4S/c1-9-3-4-11(7-10(9)2)21(19,20)12-5-6-14(16)13(8-12)15(17)18/h5-6,8-11H,3-4,7H2,1-2H3,(H,17,18). The van der Waals surface area contributed by atoms with E-state index in [2.05, 4.69) is 6.92 Å². The molecule has 0 radical (unpaired) electrons. The summed E-state index contributed by atoms with van der Waals surface area (Å²) in [6, 6.07) is 2.99. The van der Waals surface area contributed by atoms with E-state index in [-0.39, 0.29) is 4.90 Å². The van der Waals surface area contributed by atoms with Crippen LogP contribution in [0.3, 0.4) is 0 Å². The van der Waals surface area contributed by atoms with Crippen molar-refractivity contribution in [1.82, 2.24) is 0 Å². The van der Waals surface area contributed by atoms with Crippen LogP contribution in [0.5, 0.6) is 0 Å². The number of hydrogen-bond acceptors (Lipinski definition) is 3. The molecule has 0 aromatic heterocycles. The Morgan fingerprint density at radius 3 is 2.48 bits per heavy atom. The highest BCUT2D eigenvalue weighted by Gasteiger charge is 2.34. The van der Waals surface area contributed by atoms with Crippen molar-refractivity contribution in [3.8, 4) is 0 Å². The lowest BCUT2D eigenvalue weighted by atomic mass is 9.81. The Hall–Kier alpha value is -1.43. The van der Waals surface area contributed by atoms with E-state index in [4.69, 9.17) is 5.11 Å². The van der Waals surface area contributed by atoms with Gasteiger partial charge in [0.25, 0.3) is 0 Å². The highest BCUT2D eigenvalue weighted by molar-refractivity contribution is 7.92. The first-order chi connectivity index (χ1) is 9.73. The van der Waals surface area contributed by atoms with Gasteiger partial charge in [-0.1, -0.05) is 13.8 Å². The molecule has 3 atom stereocenters. The van der Waals surface area contributed by atoms with Gasteiger partial charge in [0.1, 0.15) is 5.82 Å². The normalized spacial score (nSPS) is 26.5. The summed E-state index contributed by atoms with van der Waals surface area (Å²) in [6.07, 6.45) is 1.95. The third kappa shape index (κ3) is 3.10. The summed E-state index contributed by atoms with van der Waals surface area (Å²) in [7, 11) is -3.62. The Kier molecular flexibility index (Phi) is 4.37. The molecular weight excluding hydrogens is 295 g/mol. The molecule has 1 aromatic carbocycles. The van der Waals surface area contributed by atoms with Crippen LogP contribution >= 0.6 is 0 Å². The molecule has 0 spiro atoms. The van der Waals surface area contributed by atoms with Crippen LogP contribution in [0.4, 0.5) is 4.39 Å². The summed E-state index contributed by atoms with van der Waals surface area (Å²) in [5.41, 5.74) is -0.603. The van der Waals surface area contributed by atoms with Crippen molar-refractivity contribution in [2.45, 2.75) is 43.3 Å². The Bertz CT molecular complexity index is 654. The number of halogens is 1. The zero-order valence-electron chi connectivity index (χ0n) is 12.0. The fraction of sp³-hybridized carbons (Fsp3) is 0.533. The average Bonchev–Trinajstić information content (AvgIpc) is 2.41. The van der Waals surface area contributed by atoms with Crippen molar-refractivity contribution in [2.75, 3.05) is 0 Å². The van der Waals surface area contributed by atoms with Gasteiger partial charge in [-0.05, 0) is 49.3 Å². The highest BCUT2D eigenvalue weighted by Crippen LogP contribution is 2.35. The number of carboxylic acid groups (broad SMARTS) is 1. The van der Waals surface area contributed by atoms with E-state index in [9.17, 15) is 17.6 Å². The third-order valence-corrected chi connectivity index (χ3v) is 6.70. The summed E-state index contributed by atoms with van der Waals surface area (Å²) in [4.78, 5) is 10.8. The topological polar surface area (TPSA) is 71.4 Å². The number of rotatable bonds is 3. The molecule has 1 fully saturated rings. The molecule has 1 aliphatic rings. The minimum atomic E-state index is -3.62. The Morgan fingerprint density at radius 1 is 1.24 bits per heavy atom. The van der Waals surface area contributed by atoms with Crippen LogP contribution in [0.1, 0.15) is 43.5 Å². The number of benzene rings is 1. The molecule has 0 bridgehead atoms. The number of carboxylic acids is 1. The molecule has 0 amide bonds. The Balaban J connectivity index is 2.36. The molecule has 116 valence electrons. The molecule has 6 heteroatoms. The molecule has 2 rings (SSSR count). The van der Waals surface area contributed by atoms with Gasteiger partial charge in [-0.15, -0.1) is 0 Å². The van der Waals surface area contributed by atoms with E-state index >= 15 is 0 Å². The molecule has 21 heavy (non-hydrogen) atoms. The third-order valence-electron chi connectivity index (χ3n) is 4.49. The van der Waals surface area contributed by atoms with Gasteiger partial charge in [0, 0.05) is 0 Å². The minimum absolute atomic E-state index is 0.104. The van der Waals surface area contributed by atoms with Gasteiger partial charge in [0.05, 0.1) is 15.7 Å². The number of hydrogen-bond donors (Lipinski definition) is 1. The molecule has 1 saturated carbocycles. The first kappa shape index (κ1) is 15.9. The monoisotopic (exact) mass is 314 g/mol. The van der Waals surface area contributed by atoms with Gasteiger partial charge in [-0.3, -0.25) is 0 Å². The molecule has 1 N–H and O–H groups in total. The molecule has 4 nitrogen and oxygen atoms in total. The van der Waals surface area contributed by atoms with Crippen molar-refractivity contribution < 1.29 is 22.7 Å². The van der Waals surface area contributed by atoms with Gasteiger partial charge < -0.3 is 5.11 Å². The predicted molar refractivity (Wildman–Crippen MR) is 76.5 cm³/mol. The van der Waals surface area contributed by atoms with E-state index in [1.165, 1.54) is 0 Å². The van der Waals surface area contributed by atoms with Crippen molar-refractivity contribution in [3.63, 3.8) is 0 Å². The van der Waals surface area contributed by atoms with E-state index in [1.54, 1.807) is 0 Å². The van der Waals surface area contributed by atoms with Crippen molar-refractivity contribution in [2.24, 2.45) is 11.8 Å². The SMILES string of the molecule is CC1CCC(S(=O)(=O)c2ccc(F)c(C(=O)O)c2)CC1C. The van der Waals surface area contributed by atoms with Crippen molar-refractivity contribution in [1.29, 1.82) is 0 Å². The maximum atomic E-state index is 13.4. The number of carbonyl (C=O) groups is 1. The molecule has 0 aliphatic heterocycles. The lowest BCUT2D eigenvalue weighted by Gasteiger charge is -2.31. The van der Waals surface area contributed by atoms with E-state index in [0.717, 1.165) is 24.6 Å². The largest absolute Gasteiger partial charge is 0.478 e. The minimum Gasteiger partial charge on any atom is -0.478 e. The van der Waals surface area contributed by atoms with Gasteiger partial charge in [-0.25, -0.2) is 17.6 Å². The summed E-state index contributed by atoms with van der Waals surface area (Å²) in [6.45, 7) is 4.13.